The third kappa shape index (κ3) is 6.20. The summed E-state index contributed by atoms with van der Waals surface area (Å²) < 4.78 is 0. The first-order valence-electron chi connectivity index (χ1n) is 6.63. The summed E-state index contributed by atoms with van der Waals surface area (Å²) in [5.41, 5.74) is 3.71. The minimum Gasteiger partial charge on any atom is -1.00 e. The summed E-state index contributed by atoms with van der Waals surface area (Å²) in [4.78, 5) is 3.10. The summed E-state index contributed by atoms with van der Waals surface area (Å²) in [6.07, 6.45) is 11.8. The predicted octanol–water partition coefficient (Wildman–Crippen LogP) is -1.44. The van der Waals surface area contributed by atoms with E-state index in [1.165, 1.54) is 27.2 Å². The predicted molar refractivity (Wildman–Crippen MR) is 84.6 cm³/mol. The quantitative estimate of drug-likeness (QED) is 0.423. The second kappa shape index (κ2) is 11.5. The van der Waals surface area contributed by atoms with Gasteiger partial charge in [-0.05, 0) is 0 Å². The summed E-state index contributed by atoms with van der Waals surface area (Å²) in [5, 5.41) is 2.78. The first kappa shape index (κ1) is 24.2. The van der Waals surface area contributed by atoms with E-state index in [9.17, 15) is 0 Å². The first-order chi connectivity index (χ1) is 9.09. The summed E-state index contributed by atoms with van der Waals surface area (Å²) in [5.74, 6) is 0. The molecule has 3 rings (SSSR count). The second-order valence-electron chi connectivity index (χ2n) is 5.07. The van der Waals surface area contributed by atoms with Crippen molar-refractivity contribution in [3.63, 3.8) is 0 Å². The third-order valence-corrected chi connectivity index (χ3v) is 4.69. The molecule has 0 fully saturated rings. The Labute approximate surface area is 167 Å². The Bertz CT molecular complexity index is 633. The molecule has 1 N–H and O–H groups in total. The third-order valence-electron chi connectivity index (χ3n) is 3.27. The van der Waals surface area contributed by atoms with Gasteiger partial charge >= 0.3 is 26.2 Å². The first-order valence-corrected chi connectivity index (χ1v) is 9.13. The number of benzene rings is 1. The van der Waals surface area contributed by atoms with Crippen LogP contribution in [-0.2, 0) is 26.2 Å². The van der Waals surface area contributed by atoms with E-state index in [1.807, 2.05) is 0 Å². The molecule has 0 amide bonds. The van der Waals surface area contributed by atoms with Gasteiger partial charge in [-0.15, -0.1) is 35.2 Å². The molecule has 1 aliphatic rings. The molecular formula is C17H20Cl2NSiZr. The van der Waals surface area contributed by atoms with Gasteiger partial charge in [0.05, 0.1) is 0 Å². The molecule has 2 aromatic rings. The molecule has 1 aromatic carbocycles. The van der Waals surface area contributed by atoms with Crippen LogP contribution in [0.5, 0.6) is 0 Å². The minimum absolute atomic E-state index is 0. The molecule has 5 heteroatoms. The van der Waals surface area contributed by atoms with Crippen LogP contribution in [0.15, 0.2) is 35.5 Å². The molecule has 0 spiro atoms. The summed E-state index contributed by atoms with van der Waals surface area (Å²) in [7, 11) is -0.194. The van der Waals surface area contributed by atoms with E-state index in [2.05, 4.69) is 74.5 Å². The maximum atomic E-state index is 3.31. The van der Waals surface area contributed by atoms with Gasteiger partial charge in [-0.25, -0.2) is 11.3 Å². The number of hydrogen-bond acceptors (Lipinski definition) is 0. The molecule has 1 aromatic heterocycles. The zero-order chi connectivity index (χ0) is 13.8. The molecule has 22 heavy (non-hydrogen) atoms. The summed E-state index contributed by atoms with van der Waals surface area (Å²) >= 11 is 0. The molecule has 1 nitrogen and oxygen atoms in total. The number of nitrogens with one attached hydrogen (secondary N) is 1. The number of halogens is 2. The fourth-order valence-corrected chi connectivity index (χ4v) is 3.15. The van der Waals surface area contributed by atoms with Crippen molar-refractivity contribution in [2.24, 2.45) is 0 Å². The van der Waals surface area contributed by atoms with Crippen LogP contribution < -0.4 is 24.8 Å². The van der Waals surface area contributed by atoms with E-state index >= 15 is 0 Å². The summed E-state index contributed by atoms with van der Waals surface area (Å²) in [6.45, 7) is 8.79. The second-order valence-corrected chi connectivity index (χ2v) is 7.61. The van der Waals surface area contributed by atoms with Gasteiger partial charge in [-0.2, -0.15) is 11.6 Å². The van der Waals surface area contributed by atoms with Crippen molar-refractivity contribution in [1.82, 2.24) is 4.98 Å². The van der Waals surface area contributed by atoms with Crippen LogP contribution in [0.4, 0.5) is 0 Å². The van der Waals surface area contributed by atoms with Gasteiger partial charge < -0.3 is 29.8 Å². The maximum absolute atomic E-state index is 3.31. The van der Waals surface area contributed by atoms with Crippen molar-refractivity contribution in [1.29, 1.82) is 0 Å². The van der Waals surface area contributed by atoms with E-state index < -0.39 is 0 Å². The topological polar surface area (TPSA) is 15.8 Å². The number of rotatable bonds is 1. The number of allylic oxidation sites excluding steroid dienone is 4. The fraction of sp³-hybridized carbons (Fsp3) is 0.294. The van der Waals surface area contributed by atoms with Crippen molar-refractivity contribution >= 4 is 19.7 Å². The zero-order valence-electron chi connectivity index (χ0n) is 13.3. The summed E-state index contributed by atoms with van der Waals surface area (Å²) in [6, 6.07) is 6.25. The van der Waals surface area contributed by atoms with Gasteiger partial charge in [0.2, 0.25) is 0 Å². The number of aromatic amines is 1. The Morgan fingerprint density at radius 2 is 1.82 bits per heavy atom. The zero-order valence-corrected chi connectivity index (χ0v) is 18.3. The SMILES string of the molecule is C[Si](C)C1=[C-]CC=C1.Cc1[c-][nH]c2cccc(C)c12.[Cl-].[Cl-].[Zr+4]. The standard InChI is InChI=1S/C10H10N.C7H10Si.2ClH.Zr/c1-7-4-3-5-9-10(7)8(2)6-11-9;1-8(2)7-5-3-4-6-7;;;/h3-5,11H,1-2H3;3,5H,4H2,1-2H3;2*1H;/q2*-1;;;+4/p-2. The minimum atomic E-state index is -0.194. The van der Waals surface area contributed by atoms with E-state index in [-0.39, 0.29) is 59.8 Å². The largest absolute Gasteiger partial charge is 4.00 e. The Kier molecular flexibility index (Phi) is 12.6. The Hall–Kier alpha value is -0.0800. The monoisotopic (exact) mass is 426 g/mol. The van der Waals surface area contributed by atoms with E-state index in [4.69, 9.17) is 0 Å². The maximum Gasteiger partial charge on any atom is 4.00 e. The number of hydrogen-bond donors (Lipinski definition) is 1. The average molecular weight is 429 g/mol. The van der Waals surface area contributed by atoms with Crippen molar-refractivity contribution in [2.75, 3.05) is 0 Å². The Morgan fingerprint density at radius 1 is 1.14 bits per heavy atom. The molecule has 0 bridgehead atoms. The number of aromatic nitrogens is 1. The molecule has 0 saturated carbocycles. The van der Waals surface area contributed by atoms with Gasteiger partial charge in [0.1, 0.15) is 0 Å². The van der Waals surface area contributed by atoms with Gasteiger partial charge in [0.15, 0.2) is 0 Å². The Balaban J connectivity index is 0. The van der Waals surface area contributed by atoms with Crippen molar-refractivity contribution in [3.05, 3.63) is 58.9 Å². The Morgan fingerprint density at radius 3 is 2.27 bits per heavy atom. The van der Waals surface area contributed by atoms with Crippen LogP contribution in [0.1, 0.15) is 17.5 Å². The van der Waals surface area contributed by atoms with Crippen LogP contribution in [0, 0.1) is 26.1 Å². The van der Waals surface area contributed by atoms with Gasteiger partial charge in [0.25, 0.3) is 0 Å². The smallest absolute Gasteiger partial charge is 1.00 e. The molecule has 1 radical (unpaired) electrons. The van der Waals surface area contributed by atoms with Crippen LogP contribution in [0.3, 0.4) is 0 Å². The molecule has 115 valence electrons. The van der Waals surface area contributed by atoms with Crippen LogP contribution in [-0.4, -0.2) is 13.8 Å². The van der Waals surface area contributed by atoms with Crippen molar-refractivity contribution in [2.45, 2.75) is 33.4 Å². The molecular weight excluding hydrogens is 408 g/mol. The van der Waals surface area contributed by atoms with Crippen molar-refractivity contribution < 1.29 is 51.0 Å². The van der Waals surface area contributed by atoms with Crippen molar-refractivity contribution in [3.8, 4) is 0 Å². The van der Waals surface area contributed by atoms with Gasteiger partial charge in [0, 0.05) is 8.80 Å². The molecule has 1 aliphatic carbocycles. The van der Waals surface area contributed by atoms with Crippen LogP contribution in [0.2, 0.25) is 13.1 Å². The van der Waals surface area contributed by atoms with Crippen LogP contribution >= 0.6 is 0 Å². The van der Waals surface area contributed by atoms with Gasteiger partial charge in [-0.1, -0.05) is 39.1 Å². The van der Waals surface area contributed by atoms with E-state index in [0.29, 0.717) is 0 Å². The number of aryl methyl sites for hydroxylation is 2. The molecule has 0 atom stereocenters. The van der Waals surface area contributed by atoms with Gasteiger partial charge in [-0.3, -0.25) is 6.08 Å². The molecule has 0 unspecified atom stereocenters. The average Bonchev–Trinajstić information content (AvgIpc) is 3.00. The van der Waals surface area contributed by atoms with E-state index in [0.717, 1.165) is 6.42 Å². The normalized spacial score (nSPS) is 11.8. The van der Waals surface area contributed by atoms with E-state index in [1.54, 1.807) is 0 Å². The number of fused-ring (bicyclic) bond motifs is 1. The molecule has 0 aliphatic heterocycles. The molecule has 1 heterocycles. The van der Waals surface area contributed by atoms with Crippen LogP contribution in [0.25, 0.3) is 10.9 Å². The fourth-order valence-electron chi connectivity index (χ4n) is 2.24. The molecule has 0 saturated heterocycles. The number of H-pyrrole nitrogens is 1.